The summed E-state index contributed by atoms with van der Waals surface area (Å²) in [4.78, 5) is 12.8. The fourth-order valence-electron chi connectivity index (χ4n) is 3.80. The van der Waals surface area contributed by atoms with Gasteiger partial charge in [0.2, 0.25) is 5.82 Å². The fraction of sp³-hybridized carbons (Fsp3) is 0.526. The highest BCUT2D eigenvalue weighted by atomic mass is 16.6. The van der Waals surface area contributed by atoms with Gasteiger partial charge in [0.25, 0.3) is 0 Å². The van der Waals surface area contributed by atoms with Crippen LogP contribution in [-0.4, -0.2) is 45.6 Å². The molecule has 0 amide bonds. The SMILES string of the molecule is Cn1cc([N+](=O)[O-])c(N2CC(COCc3ccccc3)C(C)(C)C2CO)n1. The second-order valence-corrected chi connectivity index (χ2v) is 7.64. The highest BCUT2D eigenvalue weighted by molar-refractivity contribution is 5.58. The van der Waals surface area contributed by atoms with Crippen molar-refractivity contribution in [2.75, 3.05) is 24.7 Å². The number of benzene rings is 1. The van der Waals surface area contributed by atoms with Crippen molar-refractivity contribution < 1.29 is 14.8 Å². The average Bonchev–Trinajstić information content (AvgIpc) is 3.13. The first-order valence-corrected chi connectivity index (χ1v) is 9.01. The molecule has 1 aromatic heterocycles. The van der Waals surface area contributed by atoms with Crippen LogP contribution in [0.25, 0.3) is 0 Å². The summed E-state index contributed by atoms with van der Waals surface area (Å²) in [5.41, 5.74) is 0.776. The Morgan fingerprint density at radius 2 is 2.07 bits per heavy atom. The van der Waals surface area contributed by atoms with E-state index in [-0.39, 0.29) is 29.7 Å². The molecule has 0 spiro atoms. The van der Waals surface area contributed by atoms with E-state index in [0.29, 0.717) is 25.6 Å². The van der Waals surface area contributed by atoms with Crippen molar-refractivity contribution in [3.63, 3.8) is 0 Å². The topological polar surface area (TPSA) is 93.7 Å². The normalized spacial score (nSPS) is 21.6. The van der Waals surface area contributed by atoms with E-state index in [4.69, 9.17) is 4.74 Å². The van der Waals surface area contributed by atoms with Crippen LogP contribution in [-0.2, 0) is 18.4 Å². The first-order chi connectivity index (χ1) is 12.8. The van der Waals surface area contributed by atoms with Gasteiger partial charge in [0.1, 0.15) is 6.20 Å². The number of aliphatic hydroxyl groups excluding tert-OH is 1. The Morgan fingerprint density at radius 1 is 1.37 bits per heavy atom. The van der Waals surface area contributed by atoms with E-state index in [1.807, 2.05) is 35.2 Å². The molecule has 2 aromatic rings. The van der Waals surface area contributed by atoms with Gasteiger partial charge >= 0.3 is 5.69 Å². The maximum Gasteiger partial charge on any atom is 0.330 e. The molecule has 27 heavy (non-hydrogen) atoms. The molecule has 2 unspecified atom stereocenters. The standard InChI is InChI=1S/C19H26N4O4/c1-19(2)15(13-27-12-14-7-5-4-6-8-14)9-22(17(19)11-24)18-16(23(25)26)10-21(3)20-18/h4-8,10,15,17,24H,9,11-13H2,1-3H3. The quantitative estimate of drug-likeness (QED) is 0.591. The van der Waals surface area contributed by atoms with E-state index in [1.165, 1.54) is 10.9 Å². The lowest BCUT2D eigenvalue weighted by Crippen LogP contribution is -2.41. The molecule has 0 aliphatic carbocycles. The molecule has 0 saturated carbocycles. The van der Waals surface area contributed by atoms with Gasteiger partial charge in [-0.3, -0.25) is 14.8 Å². The molecular formula is C19H26N4O4. The minimum absolute atomic E-state index is 0.0439. The van der Waals surface area contributed by atoms with Gasteiger partial charge in [-0.2, -0.15) is 0 Å². The molecule has 1 aliphatic rings. The molecule has 1 aromatic carbocycles. The Morgan fingerprint density at radius 3 is 2.70 bits per heavy atom. The van der Waals surface area contributed by atoms with Gasteiger partial charge in [0.05, 0.1) is 30.8 Å². The third-order valence-corrected chi connectivity index (χ3v) is 5.57. The van der Waals surface area contributed by atoms with E-state index >= 15 is 0 Å². The summed E-state index contributed by atoms with van der Waals surface area (Å²) >= 11 is 0. The van der Waals surface area contributed by atoms with Gasteiger partial charge in [-0.05, 0) is 11.0 Å². The molecule has 8 nitrogen and oxygen atoms in total. The predicted octanol–water partition coefficient (Wildman–Crippen LogP) is 2.37. The number of ether oxygens (including phenoxy) is 1. The summed E-state index contributed by atoms with van der Waals surface area (Å²) in [7, 11) is 1.66. The third-order valence-electron chi connectivity index (χ3n) is 5.57. The zero-order valence-electron chi connectivity index (χ0n) is 15.9. The van der Waals surface area contributed by atoms with Crippen LogP contribution in [0.5, 0.6) is 0 Å². The van der Waals surface area contributed by atoms with Crippen molar-refractivity contribution >= 4 is 11.5 Å². The number of anilines is 1. The molecule has 1 saturated heterocycles. The van der Waals surface area contributed by atoms with Crippen molar-refractivity contribution in [1.29, 1.82) is 0 Å². The van der Waals surface area contributed by atoms with Crippen LogP contribution in [0.2, 0.25) is 0 Å². The summed E-state index contributed by atoms with van der Waals surface area (Å²) in [5.74, 6) is 0.417. The van der Waals surface area contributed by atoms with Crippen LogP contribution in [0, 0.1) is 21.4 Å². The third kappa shape index (κ3) is 3.81. The van der Waals surface area contributed by atoms with E-state index in [9.17, 15) is 15.2 Å². The molecule has 0 bridgehead atoms. The second-order valence-electron chi connectivity index (χ2n) is 7.64. The molecule has 2 atom stereocenters. The Hall–Kier alpha value is -2.45. The number of aromatic nitrogens is 2. The number of aryl methyl sites for hydroxylation is 1. The zero-order chi connectivity index (χ0) is 19.6. The summed E-state index contributed by atoms with van der Waals surface area (Å²) in [6, 6.07) is 9.67. The highest BCUT2D eigenvalue weighted by Gasteiger charge is 2.49. The molecule has 2 heterocycles. The largest absolute Gasteiger partial charge is 0.394 e. The summed E-state index contributed by atoms with van der Waals surface area (Å²) < 4.78 is 7.37. The minimum Gasteiger partial charge on any atom is -0.394 e. The van der Waals surface area contributed by atoms with Gasteiger partial charge in [-0.1, -0.05) is 44.2 Å². The van der Waals surface area contributed by atoms with Crippen molar-refractivity contribution in [3.05, 3.63) is 52.2 Å². The van der Waals surface area contributed by atoms with Gasteiger partial charge in [0, 0.05) is 19.5 Å². The Bertz CT molecular complexity index is 790. The molecule has 1 aliphatic heterocycles. The van der Waals surface area contributed by atoms with Crippen LogP contribution in [0.1, 0.15) is 19.4 Å². The first kappa shape index (κ1) is 19.3. The monoisotopic (exact) mass is 374 g/mol. The number of hydrogen-bond donors (Lipinski definition) is 1. The number of hydrogen-bond acceptors (Lipinski definition) is 6. The van der Waals surface area contributed by atoms with Gasteiger partial charge in [0.15, 0.2) is 0 Å². The predicted molar refractivity (Wildman–Crippen MR) is 101 cm³/mol. The van der Waals surface area contributed by atoms with Crippen LogP contribution < -0.4 is 4.90 Å². The Balaban J connectivity index is 1.76. The maximum absolute atomic E-state index is 11.4. The van der Waals surface area contributed by atoms with Crippen LogP contribution in [0.4, 0.5) is 11.5 Å². The molecule has 146 valence electrons. The highest BCUT2D eigenvalue weighted by Crippen LogP contribution is 2.44. The van der Waals surface area contributed by atoms with Crippen molar-refractivity contribution in [1.82, 2.24) is 9.78 Å². The van der Waals surface area contributed by atoms with Gasteiger partial charge in [-0.15, -0.1) is 5.10 Å². The lowest BCUT2D eigenvalue weighted by atomic mass is 9.77. The van der Waals surface area contributed by atoms with E-state index in [0.717, 1.165) is 5.56 Å². The lowest BCUT2D eigenvalue weighted by Gasteiger charge is -2.33. The Labute approximate surface area is 158 Å². The van der Waals surface area contributed by atoms with E-state index in [2.05, 4.69) is 18.9 Å². The number of rotatable bonds is 7. The van der Waals surface area contributed by atoms with Crippen LogP contribution in [0.3, 0.4) is 0 Å². The molecular weight excluding hydrogens is 348 g/mol. The van der Waals surface area contributed by atoms with Gasteiger partial charge < -0.3 is 14.7 Å². The van der Waals surface area contributed by atoms with Gasteiger partial charge in [-0.25, -0.2) is 0 Å². The van der Waals surface area contributed by atoms with E-state index in [1.54, 1.807) is 7.05 Å². The number of aliphatic hydroxyl groups is 1. The lowest BCUT2D eigenvalue weighted by molar-refractivity contribution is -0.384. The molecule has 3 rings (SSSR count). The second kappa shape index (κ2) is 7.66. The maximum atomic E-state index is 11.4. The fourth-order valence-corrected chi connectivity index (χ4v) is 3.80. The van der Waals surface area contributed by atoms with Crippen molar-refractivity contribution in [2.24, 2.45) is 18.4 Å². The smallest absolute Gasteiger partial charge is 0.330 e. The summed E-state index contributed by atoms with van der Waals surface area (Å²) in [6.45, 7) is 5.61. The van der Waals surface area contributed by atoms with Crippen molar-refractivity contribution in [2.45, 2.75) is 26.5 Å². The van der Waals surface area contributed by atoms with E-state index < -0.39 is 4.92 Å². The summed E-state index contributed by atoms with van der Waals surface area (Å²) in [6.07, 6.45) is 1.40. The zero-order valence-corrected chi connectivity index (χ0v) is 15.9. The molecule has 0 radical (unpaired) electrons. The Kier molecular flexibility index (Phi) is 5.48. The van der Waals surface area contributed by atoms with Crippen molar-refractivity contribution in [3.8, 4) is 0 Å². The molecule has 1 N–H and O–H groups in total. The molecule has 8 heteroatoms. The van der Waals surface area contributed by atoms with Crippen LogP contribution >= 0.6 is 0 Å². The minimum atomic E-state index is -0.428. The average molecular weight is 374 g/mol. The number of nitrogens with zero attached hydrogens (tertiary/aromatic N) is 4. The first-order valence-electron chi connectivity index (χ1n) is 9.01. The number of nitro groups is 1. The molecule has 1 fully saturated rings. The van der Waals surface area contributed by atoms with Crippen LogP contribution in [0.15, 0.2) is 36.5 Å². The summed E-state index contributed by atoms with van der Waals surface area (Å²) in [5, 5.41) is 25.7.